The highest BCUT2D eigenvalue weighted by Crippen LogP contribution is 2.65. The predicted octanol–water partition coefficient (Wildman–Crippen LogP) is 4.81. The maximum absolute atomic E-state index is 14.6. The number of hydrogen-bond acceptors (Lipinski definition) is 5. The molecular weight excluding hydrogens is 542 g/mol. The highest BCUT2D eigenvalue weighted by atomic mass is 35.5. The number of aliphatic hydroxyl groups excluding tert-OH is 1. The van der Waals surface area contributed by atoms with Crippen LogP contribution in [-0.4, -0.2) is 51.6 Å². The molecule has 2 bridgehead atoms. The van der Waals surface area contributed by atoms with Crippen LogP contribution in [0.2, 0.25) is 5.02 Å². The lowest BCUT2D eigenvalue weighted by Crippen LogP contribution is -2.54. The van der Waals surface area contributed by atoms with Crippen LogP contribution in [0.15, 0.2) is 84.9 Å². The third kappa shape index (κ3) is 4.33. The number of ether oxygens (including phenoxy) is 1. The average Bonchev–Trinajstić information content (AvgIpc) is 3.60. The molecule has 3 saturated heterocycles. The molecule has 3 heterocycles. The molecule has 6 rings (SSSR count). The summed E-state index contributed by atoms with van der Waals surface area (Å²) in [6, 6.07) is 23.2. The first-order valence-electron chi connectivity index (χ1n) is 13.9. The summed E-state index contributed by atoms with van der Waals surface area (Å²) in [6.07, 6.45) is 1.46. The van der Waals surface area contributed by atoms with E-state index >= 15 is 0 Å². The minimum Gasteiger partial charge on any atom is -0.394 e. The van der Waals surface area contributed by atoms with Crippen molar-refractivity contribution in [3.05, 3.63) is 95.5 Å². The lowest BCUT2D eigenvalue weighted by Gasteiger charge is -2.37. The zero-order valence-electron chi connectivity index (χ0n) is 22.6. The minimum atomic E-state index is -1.25. The Morgan fingerprint density at radius 3 is 2.29 bits per heavy atom. The standard InChI is InChI=1S/C32H32ClN3O5/c1-2-31-17-18-32(41-31)26(25(31)28(38)34-21-13-7-4-8-14-21)30(40)36(24(19-37)20-11-5-3-6-12-20)27(32)29(39)35-23-16-10-9-15-22(23)33/h3-16,24-27,37H,2,17-19H2,1H3,(H,34,38)(H,35,39)/t24-,25-,26+,27?,31+,32?/m1/s1. The van der Waals surface area contributed by atoms with Crippen molar-refractivity contribution in [1.29, 1.82) is 0 Å². The van der Waals surface area contributed by atoms with Crippen LogP contribution in [0.5, 0.6) is 0 Å². The molecular formula is C32H32ClN3O5. The number of carbonyl (C=O) groups is 3. The zero-order chi connectivity index (χ0) is 28.8. The average molecular weight is 574 g/mol. The quantitative estimate of drug-likeness (QED) is 0.359. The van der Waals surface area contributed by atoms with Gasteiger partial charge in [-0.05, 0) is 49.1 Å². The number of para-hydroxylation sites is 2. The summed E-state index contributed by atoms with van der Waals surface area (Å²) < 4.78 is 6.83. The molecule has 9 heteroatoms. The van der Waals surface area contributed by atoms with E-state index in [1.54, 1.807) is 36.4 Å². The molecule has 41 heavy (non-hydrogen) atoms. The number of likely N-dealkylation sites (tertiary alicyclic amines) is 1. The largest absolute Gasteiger partial charge is 0.394 e. The maximum atomic E-state index is 14.6. The van der Waals surface area contributed by atoms with Gasteiger partial charge in [-0.1, -0.05) is 79.2 Å². The molecule has 3 fully saturated rings. The van der Waals surface area contributed by atoms with Gasteiger partial charge in [-0.15, -0.1) is 0 Å². The fourth-order valence-electron chi connectivity index (χ4n) is 7.22. The van der Waals surface area contributed by atoms with Gasteiger partial charge in [0.1, 0.15) is 11.6 Å². The number of rotatable bonds is 8. The summed E-state index contributed by atoms with van der Waals surface area (Å²) in [7, 11) is 0. The third-order valence-corrected chi connectivity index (χ3v) is 9.35. The number of hydrogen-bond donors (Lipinski definition) is 3. The van der Waals surface area contributed by atoms with Crippen LogP contribution >= 0.6 is 11.6 Å². The topological polar surface area (TPSA) is 108 Å². The molecule has 0 aromatic heterocycles. The Balaban J connectivity index is 1.45. The van der Waals surface area contributed by atoms with Crippen LogP contribution in [0.3, 0.4) is 0 Å². The van der Waals surface area contributed by atoms with Crippen LogP contribution in [0.4, 0.5) is 11.4 Å². The number of benzene rings is 3. The summed E-state index contributed by atoms with van der Waals surface area (Å²) in [4.78, 5) is 44.2. The third-order valence-electron chi connectivity index (χ3n) is 9.02. The Kier molecular flexibility index (Phi) is 7.09. The van der Waals surface area contributed by atoms with E-state index in [-0.39, 0.29) is 11.8 Å². The van der Waals surface area contributed by atoms with Crippen molar-refractivity contribution in [3.63, 3.8) is 0 Å². The van der Waals surface area contributed by atoms with Gasteiger partial charge in [0.25, 0.3) is 0 Å². The molecule has 3 aliphatic rings. The highest BCUT2D eigenvalue weighted by Gasteiger charge is 2.79. The van der Waals surface area contributed by atoms with Gasteiger partial charge in [-0.2, -0.15) is 0 Å². The molecule has 3 aliphatic heterocycles. The monoisotopic (exact) mass is 573 g/mol. The Hall–Kier alpha value is -3.72. The number of halogens is 1. The zero-order valence-corrected chi connectivity index (χ0v) is 23.4. The first-order valence-corrected chi connectivity index (χ1v) is 14.3. The Bertz CT molecular complexity index is 1470. The molecule has 3 aromatic rings. The molecule has 0 saturated carbocycles. The predicted molar refractivity (Wildman–Crippen MR) is 155 cm³/mol. The molecule has 3 aromatic carbocycles. The van der Waals surface area contributed by atoms with Crippen molar-refractivity contribution in [2.45, 2.75) is 49.5 Å². The van der Waals surface area contributed by atoms with Gasteiger partial charge in [0.05, 0.1) is 40.8 Å². The first kappa shape index (κ1) is 27.4. The van der Waals surface area contributed by atoms with Crippen LogP contribution in [0.25, 0.3) is 0 Å². The number of amides is 3. The summed E-state index contributed by atoms with van der Waals surface area (Å²) in [6.45, 7) is 1.54. The molecule has 8 nitrogen and oxygen atoms in total. The highest BCUT2D eigenvalue weighted by molar-refractivity contribution is 6.33. The smallest absolute Gasteiger partial charge is 0.250 e. The molecule has 0 aliphatic carbocycles. The van der Waals surface area contributed by atoms with Gasteiger partial charge in [-0.3, -0.25) is 14.4 Å². The fourth-order valence-corrected chi connectivity index (χ4v) is 7.41. The van der Waals surface area contributed by atoms with E-state index in [0.717, 1.165) is 0 Å². The summed E-state index contributed by atoms with van der Waals surface area (Å²) >= 11 is 6.38. The summed E-state index contributed by atoms with van der Waals surface area (Å²) in [5, 5.41) is 16.9. The van der Waals surface area contributed by atoms with Gasteiger partial charge in [-0.25, -0.2) is 0 Å². The molecule has 2 unspecified atom stereocenters. The normalized spacial score (nSPS) is 28.8. The number of fused-ring (bicyclic) bond motifs is 1. The van der Waals surface area contributed by atoms with E-state index in [0.29, 0.717) is 41.2 Å². The lowest BCUT2D eigenvalue weighted by atomic mass is 9.65. The van der Waals surface area contributed by atoms with E-state index in [9.17, 15) is 19.5 Å². The number of aliphatic hydroxyl groups is 1. The van der Waals surface area contributed by atoms with Gasteiger partial charge in [0, 0.05) is 5.69 Å². The maximum Gasteiger partial charge on any atom is 0.250 e. The van der Waals surface area contributed by atoms with Gasteiger partial charge >= 0.3 is 0 Å². The summed E-state index contributed by atoms with van der Waals surface area (Å²) in [5.74, 6) is -2.88. The van der Waals surface area contributed by atoms with Crippen molar-refractivity contribution in [2.24, 2.45) is 11.8 Å². The Morgan fingerprint density at radius 2 is 1.63 bits per heavy atom. The van der Waals surface area contributed by atoms with Crippen molar-refractivity contribution in [1.82, 2.24) is 4.90 Å². The van der Waals surface area contributed by atoms with E-state index in [2.05, 4.69) is 10.6 Å². The van der Waals surface area contributed by atoms with E-state index in [1.165, 1.54) is 4.90 Å². The molecule has 0 radical (unpaired) electrons. The van der Waals surface area contributed by atoms with Crippen LogP contribution in [0, 0.1) is 11.8 Å². The molecule has 1 spiro atoms. The molecule has 3 amide bonds. The van der Waals surface area contributed by atoms with Crippen molar-refractivity contribution in [3.8, 4) is 0 Å². The number of nitrogens with one attached hydrogen (secondary N) is 2. The SMILES string of the molecule is CC[C@@]12CCC3(O1)C(C(=O)Nc1ccccc1Cl)N([C@H](CO)c1ccccc1)C(=O)[C@@H]3[C@@H]2C(=O)Nc1ccccc1. The van der Waals surface area contributed by atoms with Crippen molar-refractivity contribution < 1.29 is 24.2 Å². The molecule has 3 N–H and O–H groups in total. The Labute approximate surface area is 243 Å². The van der Waals surface area contributed by atoms with Gasteiger partial charge in [0.2, 0.25) is 17.7 Å². The van der Waals surface area contributed by atoms with Crippen LogP contribution < -0.4 is 10.6 Å². The van der Waals surface area contributed by atoms with Crippen LogP contribution in [-0.2, 0) is 19.1 Å². The second-order valence-corrected chi connectivity index (χ2v) is 11.4. The van der Waals surface area contributed by atoms with E-state index in [1.807, 2.05) is 55.5 Å². The number of nitrogens with zero attached hydrogens (tertiary/aromatic N) is 1. The van der Waals surface area contributed by atoms with Crippen molar-refractivity contribution >= 4 is 40.7 Å². The lowest BCUT2D eigenvalue weighted by molar-refractivity contribution is -0.148. The van der Waals surface area contributed by atoms with Gasteiger partial charge in [0.15, 0.2) is 0 Å². The second kappa shape index (κ2) is 10.6. The van der Waals surface area contributed by atoms with Crippen LogP contribution in [0.1, 0.15) is 37.8 Å². The Morgan fingerprint density at radius 1 is 0.976 bits per heavy atom. The number of anilines is 2. The number of carbonyl (C=O) groups excluding carboxylic acids is 3. The van der Waals surface area contributed by atoms with E-state index in [4.69, 9.17) is 16.3 Å². The van der Waals surface area contributed by atoms with Crippen molar-refractivity contribution in [2.75, 3.05) is 17.2 Å². The fraction of sp³-hybridized carbons (Fsp3) is 0.344. The van der Waals surface area contributed by atoms with Gasteiger partial charge < -0.3 is 25.4 Å². The summed E-state index contributed by atoms with van der Waals surface area (Å²) in [5.41, 5.74) is -0.439. The van der Waals surface area contributed by atoms with E-state index < -0.39 is 47.6 Å². The minimum absolute atomic E-state index is 0.314. The first-order chi connectivity index (χ1) is 19.8. The molecule has 6 atom stereocenters. The second-order valence-electron chi connectivity index (χ2n) is 11.0. The molecule has 212 valence electrons.